The van der Waals surface area contributed by atoms with Crippen LogP contribution in [0.4, 0.5) is 4.39 Å². The van der Waals surface area contributed by atoms with Gasteiger partial charge in [0.25, 0.3) is 0 Å². The van der Waals surface area contributed by atoms with Gasteiger partial charge in [0.05, 0.1) is 30.0 Å². The zero-order chi connectivity index (χ0) is 16.9. The van der Waals surface area contributed by atoms with Crippen LogP contribution in [0.2, 0.25) is 0 Å². The van der Waals surface area contributed by atoms with Crippen molar-refractivity contribution >= 4 is 18.6 Å². The molecule has 0 aliphatic carbocycles. The largest absolute Gasteiger partial charge is 0.501 e. The lowest BCUT2D eigenvalue weighted by atomic mass is 9.81. The lowest BCUT2D eigenvalue weighted by Crippen LogP contribution is -2.41. The molecule has 0 bridgehead atoms. The zero-order valence-electron chi connectivity index (χ0n) is 14.1. The summed E-state index contributed by atoms with van der Waals surface area (Å²) in [4.78, 5) is 11.8. The molecule has 2 rings (SSSR count). The van der Waals surface area contributed by atoms with E-state index in [9.17, 15) is 9.18 Å². The average molecular weight is 312 g/mol. The molecule has 6 nitrogen and oxygen atoms in total. The van der Waals surface area contributed by atoms with E-state index in [-0.39, 0.29) is 5.46 Å². The van der Waals surface area contributed by atoms with Crippen molar-refractivity contribution in [1.29, 1.82) is 0 Å². The van der Waals surface area contributed by atoms with Crippen LogP contribution in [0, 0.1) is 5.95 Å². The molecular weight excluding hydrogens is 290 g/mol. The van der Waals surface area contributed by atoms with Gasteiger partial charge in [-0.25, -0.2) is 9.48 Å². The summed E-state index contributed by atoms with van der Waals surface area (Å²) < 4.78 is 32.0. The van der Waals surface area contributed by atoms with E-state index in [0.717, 1.165) is 4.68 Å². The number of aromatic nitrogens is 2. The minimum atomic E-state index is -1.26. The van der Waals surface area contributed by atoms with Gasteiger partial charge in [-0.1, -0.05) is 0 Å². The van der Waals surface area contributed by atoms with E-state index in [1.54, 1.807) is 0 Å². The minimum absolute atomic E-state index is 0.163. The number of halogens is 1. The van der Waals surface area contributed by atoms with Crippen LogP contribution in [0.15, 0.2) is 6.20 Å². The van der Waals surface area contributed by atoms with E-state index in [0.29, 0.717) is 0 Å². The van der Waals surface area contributed by atoms with Gasteiger partial charge < -0.3 is 14.0 Å². The summed E-state index contributed by atoms with van der Waals surface area (Å²) in [5.41, 5.74) is -2.26. The molecule has 0 unspecified atom stereocenters. The summed E-state index contributed by atoms with van der Waals surface area (Å²) in [6.07, 6.45) is 1.32. The van der Waals surface area contributed by atoms with E-state index in [1.165, 1.54) is 27.2 Å². The number of methoxy groups -OCH3 is 1. The Morgan fingerprint density at radius 3 is 2.27 bits per heavy atom. The van der Waals surface area contributed by atoms with E-state index in [4.69, 9.17) is 14.0 Å². The third kappa shape index (κ3) is 2.44. The van der Waals surface area contributed by atoms with Crippen molar-refractivity contribution in [2.45, 2.75) is 58.3 Å². The normalized spacial score (nSPS) is 20.3. The van der Waals surface area contributed by atoms with Crippen molar-refractivity contribution < 1.29 is 23.2 Å². The van der Waals surface area contributed by atoms with Gasteiger partial charge in [0.2, 0.25) is 5.95 Å². The SMILES string of the molecule is COC(=O)C(C)(C)n1ncc(B2OC(C)(C)C(C)(C)O2)c1F. The number of hydrogen-bond donors (Lipinski definition) is 0. The smallest absolute Gasteiger partial charge is 0.467 e. The van der Waals surface area contributed by atoms with Crippen molar-refractivity contribution in [2.75, 3.05) is 7.11 Å². The molecule has 1 aliphatic rings. The highest BCUT2D eigenvalue weighted by Gasteiger charge is 2.53. The minimum Gasteiger partial charge on any atom is -0.467 e. The predicted molar refractivity (Wildman–Crippen MR) is 79.2 cm³/mol. The van der Waals surface area contributed by atoms with Gasteiger partial charge in [0, 0.05) is 0 Å². The fourth-order valence-corrected chi connectivity index (χ4v) is 2.20. The first-order valence-corrected chi connectivity index (χ1v) is 7.12. The highest BCUT2D eigenvalue weighted by Crippen LogP contribution is 2.36. The molecule has 0 N–H and O–H groups in total. The number of ether oxygens (including phenoxy) is 1. The first-order chi connectivity index (χ1) is 9.94. The average Bonchev–Trinajstić information content (AvgIpc) is 2.87. The molecular formula is C14H22BFN2O4. The summed E-state index contributed by atoms with van der Waals surface area (Å²) in [5.74, 6) is -1.26. The third-order valence-electron chi connectivity index (χ3n) is 4.46. The van der Waals surface area contributed by atoms with Crippen molar-refractivity contribution in [3.8, 4) is 0 Å². The van der Waals surface area contributed by atoms with Crippen LogP contribution in [0.1, 0.15) is 41.5 Å². The summed E-state index contributed by atoms with van der Waals surface area (Å²) in [7, 11) is 0.382. The molecule has 1 saturated heterocycles. The molecule has 0 aromatic carbocycles. The van der Waals surface area contributed by atoms with Crippen molar-refractivity contribution in [3.63, 3.8) is 0 Å². The monoisotopic (exact) mass is 312 g/mol. The summed E-state index contributed by atoms with van der Waals surface area (Å²) >= 11 is 0. The molecule has 1 aliphatic heterocycles. The second kappa shape index (κ2) is 5.06. The van der Waals surface area contributed by atoms with Gasteiger partial charge in [-0.15, -0.1) is 0 Å². The maximum atomic E-state index is 14.7. The molecule has 0 saturated carbocycles. The van der Waals surface area contributed by atoms with Gasteiger partial charge >= 0.3 is 13.1 Å². The molecule has 122 valence electrons. The fourth-order valence-electron chi connectivity index (χ4n) is 2.20. The fraction of sp³-hybridized carbons (Fsp3) is 0.714. The Bertz CT molecular complexity index is 582. The Kier molecular flexibility index (Phi) is 3.90. The Labute approximate surface area is 130 Å². The highest BCUT2D eigenvalue weighted by atomic mass is 19.1. The molecule has 22 heavy (non-hydrogen) atoms. The zero-order valence-corrected chi connectivity index (χ0v) is 14.1. The molecule has 1 aromatic heterocycles. The quantitative estimate of drug-likeness (QED) is 0.620. The van der Waals surface area contributed by atoms with E-state index >= 15 is 0 Å². The molecule has 0 atom stereocenters. The Balaban J connectivity index is 2.36. The molecule has 0 spiro atoms. The summed E-state index contributed by atoms with van der Waals surface area (Å²) in [6.45, 7) is 10.6. The third-order valence-corrected chi connectivity index (χ3v) is 4.46. The van der Waals surface area contributed by atoms with Gasteiger partial charge in [-0.2, -0.15) is 9.49 Å². The lowest BCUT2D eigenvalue weighted by molar-refractivity contribution is -0.150. The Morgan fingerprint density at radius 1 is 1.32 bits per heavy atom. The maximum absolute atomic E-state index is 14.7. The standard InChI is InChI=1S/C14H22BFN2O4/c1-12(2,11(19)20-7)18-10(16)9(8-17-18)15-21-13(3,4)14(5,6)22-15/h8H,1-7H3. The number of carbonyl (C=O) groups excluding carboxylic acids is 1. The molecule has 1 fully saturated rings. The first-order valence-electron chi connectivity index (χ1n) is 7.12. The van der Waals surface area contributed by atoms with Crippen LogP contribution in [-0.2, 0) is 24.4 Å². The molecule has 8 heteroatoms. The van der Waals surface area contributed by atoms with Crippen molar-refractivity contribution in [2.24, 2.45) is 0 Å². The molecule has 0 radical (unpaired) electrons. The van der Waals surface area contributed by atoms with E-state index in [2.05, 4.69) is 5.10 Å². The number of rotatable bonds is 3. The van der Waals surface area contributed by atoms with Crippen molar-refractivity contribution in [3.05, 3.63) is 12.1 Å². The molecule has 0 amide bonds. The van der Waals surface area contributed by atoms with Crippen LogP contribution in [-0.4, -0.2) is 41.2 Å². The second-order valence-corrected chi connectivity index (χ2v) is 6.94. The Morgan fingerprint density at radius 2 is 1.82 bits per heavy atom. The van der Waals surface area contributed by atoms with Crippen LogP contribution in [0.5, 0.6) is 0 Å². The predicted octanol–water partition coefficient (Wildman–Crippen LogP) is 1.23. The van der Waals surface area contributed by atoms with Crippen LogP contribution in [0.3, 0.4) is 0 Å². The van der Waals surface area contributed by atoms with Gasteiger partial charge in [-0.3, -0.25) is 0 Å². The molecule has 2 heterocycles. The summed E-state index contributed by atoms with van der Waals surface area (Å²) in [5, 5.41) is 3.98. The van der Waals surface area contributed by atoms with E-state index in [1.807, 2.05) is 27.7 Å². The maximum Gasteiger partial charge on any atom is 0.501 e. The number of carbonyl (C=O) groups is 1. The topological polar surface area (TPSA) is 62.6 Å². The van der Waals surface area contributed by atoms with Crippen molar-refractivity contribution in [1.82, 2.24) is 9.78 Å². The van der Waals surface area contributed by atoms with Gasteiger partial charge in [0.15, 0.2) is 5.54 Å². The van der Waals surface area contributed by atoms with E-state index < -0.39 is 35.8 Å². The van der Waals surface area contributed by atoms with Gasteiger partial charge in [-0.05, 0) is 41.5 Å². The number of esters is 1. The molecule has 1 aromatic rings. The van der Waals surface area contributed by atoms with Crippen LogP contribution < -0.4 is 5.46 Å². The van der Waals surface area contributed by atoms with Crippen LogP contribution in [0.25, 0.3) is 0 Å². The van der Waals surface area contributed by atoms with Crippen LogP contribution >= 0.6 is 0 Å². The summed E-state index contributed by atoms with van der Waals surface area (Å²) in [6, 6.07) is 0. The first kappa shape index (κ1) is 17.0. The Hall–Kier alpha value is -1.41. The lowest BCUT2D eigenvalue weighted by Gasteiger charge is -2.32. The van der Waals surface area contributed by atoms with Gasteiger partial charge in [0.1, 0.15) is 0 Å². The number of hydrogen-bond acceptors (Lipinski definition) is 5. The highest BCUT2D eigenvalue weighted by molar-refractivity contribution is 6.62. The number of nitrogens with zero attached hydrogens (tertiary/aromatic N) is 2. The second-order valence-electron chi connectivity index (χ2n) is 6.94.